The zero-order valence-electron chi connectivity index (χ0n) is 6.45. The van der Waals surface area contributed by atoms with Crippen LogP contribution in [0.3, 0.4) is 0 Å². The molecule has 2 heteroatoms. The molecule has 2 nitrogen and oxygen atoms in total. The van der Waals surface area contributed by atoms with Crippen molar-refractivity contribution in [2.45, 2.75) is 25.4 Å². The maximum absolute atomic E-state index is 11.3. The second-order valence-corrected chi connectivity index (χ2v) is 3.98. The molecular formula is C9H12O2. The van der Waals surface area contributed by atoms with Crippen LogP contribution < -0.4 is 0 Å². The highest BCUT2D eigenvalue weighted by Gasteiger charge is 2.58. The van der Waals surface area contributed by atoms with Crippen LogP contribution >= 0.6 is 0 Å². The molecule has 1 heterocycles. The number of fused-ring (bicyclic) bond motifs is 4. The van der Waals surface area contributed by atoms with E-state index in [9.17, 15) is 4.79 Å². The van der Waals surface area contributed by atoms with E-state index in [0.717, 1.165) is 25.9 Å². The minimum absolute atomic E-state index is 0.419. The molecule has 3 aliphatic rings. The molecule has 0 radical (unpaired) electrons. The summed E-state index contributed by atoms with van der Waals surface area (Å²) in [6.45, 7) is 0.898. The Hall–Kier alpha value is -0.370. The third kappa shape index (κ3) is 0.598. The Morgan fingerprint density at radius 1 is 1.27 bits per heavy atom. The van der Waals surface area contributed by atoms with Gasteiger partial charge >= 0.3 is 0 Å². The fourth-order valence-corrected chi connectivity index (χ4v) is 3.13. The van der Waals surface area contributed by atoms with Gasteiger partial charge in [0.25, 0.3) is 0 Å². The Morgan fingerprint density at radius 2 is 2.09 bits per heavy atom. The Kier molecular flexibility index (Phi) is 1.05. The molecule has 2 saturated carbocycles. The minimum Gasteiger partial charge on any atom is -0.378 e. The quantitative estimate of drug-likeness (QED) is 0.517. The lowest BCUT2D eigenvalue weighted by molar-refractivity contribution is -0.133. The Balaban J connectivity index is 1.89. The molecule has 11 heavy (non-hydrogen) atoms. The lowest BCUT2D eigenvalue weighted by Crippen LogP contribution is -2.48. The van der Waals surface area contributed by atoms with Crippen molar-refractivity contribution in [3.63, 3.8) is 0 Å². The molecule has 2 aliphatic carbocycles. The average Bonchev–Trinajstić information content (AvgIpc) is 2.43. The number of hydrogen-bond acceptors (Lipinski definition) is 2. The van der Waals surface area contributed by atoms with E-state index < -0.39 is 0 Å². The molecule has 4 unspecified atom stereocenters. The summed E-state index contributed by atoms with van der Waals surface area (Å²) in [6, 6.07) is 0. The Bertz CT molecular complexity index is 206. The van der Waals surface area contributed by atoms with Crippen LogP contribution in [0.5, 0.6) is 0 Å². The normalized spacial score (nSPS) is 53.6. The van der Waals surface area contributed by atoms with Crippen molar-refractivity contribution in [2.75, 3.05) is 6.61 Å². The zero-order valence-corrected chi connectivity index (χ0v) is 6.45. The molecule has 60 valence electrons. The van der Waals surface area contributed by atoms with Crippen molar-refractivity contribution in [3.8, 4) is 0 Å². The Morgan fingerprint density at radius 3 is 3.00 bits per heavy atom. The highest BCUT2D eigenvalue weighted by atomic mass is 16.5. The highest BCUT2D eigenvalue weighted by molar-refractivity contribution is 5.85. The second kappa shape index (κ2) is 1.86. The van der Waals surface area contributed by atoms with Crippen molar-refractivity contribution in [1.82, 2.24) is 0 Å². The van der Waals surface area contributed by atoms with Gasteiger partial charge in [0.05, 0.1) is 6.10 Å². The van der Waals surface area contributed by atoms with Gasteiger partial charge in [-0.2, -0.15) is 0 Å². The lowest BCUT2D eigenvalue weighted by Gasteiger charge is -2.42. The summed E-state index contributed by atoms with van der Waals surface area (Å²) in [5, 5.41) is 0. The molecule has 3 rings (SSSR count). The van der Waals surface area contributed by atoms with E-state index in [2.05, 4.69) is 0 Å². The molecule has 0 spiro atoms. The first-order valence-corrected chi connectivity index (χ1v) is 4.52. The number of rotatable bonds is 0. The molecule has 1 aliphatic heterocycles. The highest BCUT2D eigenvalue weighted by Crippen LogP contribution is 2.54. The van der Waals surface area contributed by atoms with Gasteiger partial charge in [0.2, 0.25) is 0 Å². The van der Waals surface area contributed by atoms with Gasteiger partial charge in [0.15, 0.2) is 0 Å². The van der Waals surface area contributed by atoms with Crippen LogP contribution in [-0.2, 0) is 9.53 Å². The van der Waals surface area contributed by atoms with Crippen LogP contribution in [0.4, 0.5) is 0 Å². The molecule has 0 aromatic carbocycles. The Labute approximate surface area is 65.9 Å². The van der Waals surface area contributed by atoms with Gasteiger partial charge in [0, 0.05) is 18.9 Å². The summed E-state index contributed by atoms with van der Waals surface area (Å²) < 4.78 is 5.56. The van der Waals surface area contributed by atoms with Crippen molar-refractivity contribution < 1.29 is 9.53 Å². The largest absolute Gasteiger partial charge is 0.378 e. The van der Waals surface area contributed by atoms with Crippen molar-refractivity contribution in [1.29, 1.82) is 0 Å². The summed E-state index contributed by atoms with van der Waals surface area (Å²) >= 11 is 0. The number of carbonyl (C=O) groups excluding carboxylic acids is 1. The topological polar surface area (TPSA) is 26.3 Å². The van der Waals surface area contributed by atoms with E-state index in [4.69, 9.17) is 4.74 Å². The summed E-state index contributed by atoms with van der Waals surface area (Å²) in [7, 11) is 0. The first kappa shape index (κ1) is 6.18. The second-order valence-electron chi connectivity index (χ2n) is 3.98. The summed E-state index contributed by atoms with van der Waals surface area (Å²) in [5.74, 6) is 2.18. The van der Waals surface area contributed by atoms with Gasteiger partial charge in [-0.1, -0.05) is 0 Å². The standard InChI is InChI=1S/C9H12O2/c10-7-2-1-5-8(7)6-3-4-11-9(5)6/h5-6,8-9H,1-4H2. The molecule has 0 aromatic heterocycles. The summed E-state index contributed by atoms with van der Waals surface area (Å²) in [4.78, 5) is 11.3. The van der Waals surface area contributed by atoms with E-state index >= 15 is 0 Å². The van der Waals surface area contributed by atoms with E-state index in [1.807, 2.05) is 0 Å². The van der Waals surface area contributed by atoms with E-state index in [1.165, 1.54) is 0 Å². The summed E-state index contributed by atoms with van der Waals surface area (Å²) in [6.07, 6.45) is 3.54. The van der Waals surface area contributed by atoms with Crippen LogP contribution in [0.15, 0.2) is 0 Å². The van der Waals surface area contributed by atoms with E-state index in [1.54, 1.807) is 0 Å². The summed E-state index contributed by atoms with van der Waals surface area (Å²) in [5.41, 5.74) is 0. The van der Waals surface area contributed by atoms with Crippen LogP contribution in [0.25, 0.3) is 0 Å². The van der Waals surface area contributed by atoms with Gasteiger partial charge in [-0.15, -0.1) is 0 Å². The molecule has 0 amide bonds. The van der Waals surface area contributed by atoms with Crippen molar-refractivity contribution >= 4 is 5.78 Å². The number of hydrogen-bond donors (Lipinski definition) is 0. The van der Waals surface area contributed by atoms with Crippen LogP contribution in [0.2, 0.25) is 0 Å². The van der Waals surface area contributed by atoms with Gasteiger partial charge in [-0.25, -0.2) is 0 Å². The van der Waals surface area contributed by atoms with Gasteiger partial charge < -0.3 is 4.74 Å². The molecule has 3 fully saturated rings. The minimum atomic E-state index is 0.419. The maximum Gasteiger partial charge on any atom is 0.136 e. The predicted molar refractivity (Wildman–Crippen MR) is 39.1 cm³/mol. The number of ether oxygens (including phenoxy) is 1. The zero-order chi connectivity index (χ0) is 7.42. The van der Waals surface area contributed by atoms with Crippen LogP contribution in [0.1, 0.15) is 19.3 Å². The van der Waals surface area contributed by atoms with Crippen molar-refractivity contribution in [3.05, 3.63) is 0 Å². The van der Waals surface area contributed by atoms with E-state index in [0.29, 0.717) is 29.6 Å². The van der Waals surface area contributed by atoms with Gasteiger partial charge in [-0.3, -0.25) is 4.79 Å². The van der Waals surface area contributed by atoms with Crippen molar-refractivity contribution in [2.24, 2.45) is 17.8 Å². The average molecular weight is 152 g/mol. The maximum atomic E-state index is 11.3. The van der Waals surface area contributed by atoms with Gasteiger partial charge in [-0.05, 0) is 24.7 Å². The predicted octanol–water partition coefficient (Wildman–Crippen LogP) is 1.00. The first-order valence-electron chi connectivity index (χ1n) is 4.52. The molecule has 4 atom stereocenters. The monoisotopic (exact) mass is 152 g/mol. The molecule has 1 saturated heterocycles. The lowest BCUT2D eigenvalue weighted by atomic mass is 9.64. The SMILES string of the molecule is O=C1CCC2C3OCCC3C12. The van der Waals surface area contributed by atoms with Crippen LogP contribution in [0, 0.1) is 17.8 Å². The molecule has 0 N–H and O–H groups in total. The fourth-order valence-electron chi connectivity index (χ4n) is 3.13. The third-order valence-electron chi connectivity index (χ3n) is 3.62. The molecule has 0 bridgehead atoms. The van der Waals surface area contributed by atoms with E-state index in [-0.39, 0.29) is 0 Å². The molecular weight excluding hydrogens is 140 g/mol. The fraction of sp³-hybridized carbons (Fsp3) is 0.889. The first-order chi connectivity index (χ1) is 5.38. The smallest absolute Gasteiger partial charge is 0.136 e. The van der Waals surface area contributed by atoms with Gasteiger partial charge in [0.1, 0.15) is 5.78 Å². The number of carbonyl (C=O) groups is 1. The third-order valence-corrected chi connectivity index (χ3v) is 3.62. The molecule has 0 aromatic rings. The number of ketones is 1. The van der Waals surface area contributed by atoms with Crippen LogP contribution in [-0.4, -0.2) is 18.5 Å². The number of Topliss-reactive ketones (excluding diaryl/α,β-unsaturated/α-hetero) is 1.